The van der Waals surface area contributed by atoms with Gasteiger partial charge in [0, 0.05) is 12.1 Å². The molecule has 0 aromatic rings. The van der Waals surface area contributed by atoms with Crippen LogP contribution in [0.2, 0.25) is 0 Å². The van der Waals surface area contributed by atoms with Crippen molar-refractivity contribution in [2.75, 3.05) is 0 Å². The molecule has 0 bridgehead atoms. The molecule has 3 N–H and O–H groups in total. The summed E-state index contributed by atoms with van der Waals surface area (Å²) in [7, 11) is 0. The normalized spacial score (nSPS) is 18.2. The minimum atomic E-state index is -0.900. The summed E-state index contributed by atoms with van der Waals surface area (Å²) < 4.78 is 0. The summed E-state index contributed by atoms with van der Waals surface area (Å²) in [6.45, 7) is 3.74. The van der Waals surface area contributed by atoms with Crippen LogP contribution in [0.1, 0.15) is 46.0 Å². The lowest BCUT2D eigenvalue weighted by Gasteiger charge is -2.19. The van der Waals surface area contributed by atoms with Gasteiger partial charge in [0.25, 0.3) is 0 Å². The lowest BCUT2D eigenvalue weighted by molar-refractivity contribution is -0.137. The van der Waals surface area contributed by atoms with Crippen molar-refractivity contribution >= 4 is 12.0 Å². The van der Waals surface area contributed by atoms with Gasteiger partial charge in [-0.1, -0.05) is 19.8 Å². The van der Waals surface area contributed by atoms with Crippen molar-refractivity contribution in [1.82, 2.24) is 10.6 Å². The van der Waals surface area contributed by atoms with Gasteiger partial charge in [0.05, 0.1) is 6.42 Å². The lowest BCUT2D eigenvalue weighted by atomic mass is 10.1. The van der Waals surface area contributed by atoms with E-state index in [9.17, 15) is 9.59 Å². The molecule has 0 saturated heterocycles. The van der Waals surface area contributed by atoms with Crippen LogP contribution in [0.3, 0.4) is 0 Å². The summed E-state index contributed by atoms with van der Waals surface area (Å²) in [5.74, 6) is -0.125. The molecule has 1 saturated carbocycles. The van der Waals surface area contributed by atoms with Crippen LogP contribution in [0.15, 0.2) is 0 Å². The van der Waals surface area contributed by atoms with Crippen molar-refractivity contribution < 1.29 is 14.7 Å². The van der Waals surface area contributed by atoms with Crippen LogP contribution in [0.4, 0.5) is 4.79 Å². The topological polar surface area (TPSA) is 78.4 Å². The number of hydrogen-bond donors (Lipinski definition) is 3. The van der Waals surface area contributed by atoms with Crippen LogP contribution >= 0.6 is 0 Å². The molecule has 0 heterocycles. The van der Waals surface area contributed by atoms with E-state index in [1.807, 2.05) is 6.92 Å². The van der Waals surface area contributed by atoms with E-state index in [0.717, 1.165) is 18.8 Å². The maximum absolute atomic E-state index is 11.6. The van der Waals surface area contributed by atoms with Gasteiger partial charge in [-0.15, -0.1) is 0 Å². The number of urea groups is 1. The summed E-state index contributed by atoms with van der Waals surface area (Å²) in [5, 5.41) is 14.1. The van der Waals surface area contributed by atoms with Crippen LogP contribution in [-0.4, -0.2) is 29.2 Å². The smallest absolute Gasteiger partial charge is 0.315 e. The van der Waals surface area contributed by atoms with Gasteiger partial charge in [0.2, 0.25) is 0 Å². The Labute approximate surface area is 102 Å². The Morgan fingerprint density at radius 1 is 1.35 bits per heavy atom. The number of nitrogens with one attached hydrogen (secondary N) is 2. The zero-order chi connectivity index (χ0) is 12.8. The van der Waals surface area contributed by atoms with Crippen LogP contribution in [0.5, 0.6) is 0 Å². The summed E-state index contributed by atoms with van der Waals surface area (Å²) >= 11 is 0. The second-order valence-corrected chi connectivity index (χ2v) is 4.90. The fourth-order valence-corrected chi connectivity index (χ4v) is 1.85. The molecule has 0 radical (unpaired) electrons. The minimum absolute atomic E-state index is 0.0488. The highest BCUT2D eigenvalue weighted by atomic mass is 16.4. The van der Waals surface area contributed by atoms with Crippen LogP contribution in [0.25, 0.3) is 0 Å². The van der Waals surface area contributed by atoms with Gasteiger partial charge in [-0.05, 0) is 25.7 Å². The first-order chi connectivity index (χ1) is 8.01. The standard InChI is InChI=1S/C12H22N2O3/c1-3-10(7-9-4-5-9)14-12(17)13-8(2)6-11(15)16/h8-10H,3-7H2,1-2H3,(H,15,16)(H2,13,14,17). The molecule has 0 spiro atoms. The average molecular weight is 242 g/mol. The molecule has 1 fully saturated rings. The van der Waals surface area contributed by atoms with Crippen molar-refractivity contribution in [1.29, 1.82) is 0 Å². The van der Waals surface area contributed by atoms with Crippen LogP contribution < -0.4 is 10.6 Å². The number of carboxylic acids is 1. The number of carbonyl (C=O) groups is 2. The Balaban J connectivity index is 2.23. The number of aliphatic carboxylic acids is 1. The van der Waals surface area contributed by atoms with Gasteiger partial charge >= 0.3 is 12.0 Å². The summed E-state index contributed by atoms with van der Waals surface area (Å²) in [5.41, 5.74) is 0. The molecule has 5 heteroatoms. The van der Waals surface area contributed by atoms with E-state index in [2.05, 4.69) is 10.6 Å². The molecule has 2 unspecified atom stereocenters. The fraction of sp³-hybridized carbons (Fsp3) is 0.833. The summed E-state index contributed by atoms with van der Waals surface area (Å²) in [6, 6.07) is -0.392. The SMILES string of the molecule is CCC(CC1CC1)NC(=O)NC(C)CC(=O)O. The number of rotatable bonds is 7. The Morgan fingerprint density at radius 2 is 2.00 bits per heavy atom. The third-order valence-corrected chi connectivity index (χ3v) is 3.00. The maximum Gasteiger partial charge on any atom is 0.315 e. The zero-order valence-corrected chi connectivity index (χ0v) is 10.5. The first kappa shape index (κ1) is 13.8. The number of amides is 2. The predicted molar refractivity (Wildman–Crippen MR) is 64.8 cm³/mol. The van der Waals surface area contributed by atoms with E-state index < -0.39 is 5.97 Å². The maximum atomic E-state index is 11.6. The average Bonchev–Trinajstić information content (AvgIpc) is 2.98. The molecule has 0 aliphatic heterocycles. The fourth-order valence-electron chi connectivity index (χ4n) is 1.85. The van der Waals surface area contributed by atoms with E-state index in [1.54, 1.807) is 6.92 Å². The van der Waals surface area contributed by atoms with Crippen molar-refractivity contribution in [3.63, 3.8) is 0 Å². The Kier molecular flexibility index (Phi) is 5.25. The molecule has 1 aliphatic rings. The van der Waals surface area contributed by atoms with Gasteiger partial charge in [-0.2, -0.15) is 0 Å². The van der Waals surface area contributed by atoms with Crippen molar-refractivity contribution in [2.45, 2.75) is 58.0 Å². The number of carboxylic acid groups (broad SMARTS) is 1. The minimum Gasteiger partial charge on any atom is -0.481 e. The molecule has 2 atom stereocenters. The molecular formula is C12H22N2O3. The molecule has 0 aromatic heterocycles. The van der Waals surface area contributed by atoms with Gasteiger partial charge < -0.3 is 15.7 Å². The van der Waals surface area contributed by atoms with Crippen LogP contribution in [-0.2, 0) is 4.79 Å². The van der Waals surface area contributed by atoms with E-state index >= 15 is 0 Å². The second-order valence-electron chi connectivity index (χ2n) is 4.90. The molecule has 5 nitrogen and oxygen atoms in total. The molecule has 17 heavy (non-hydrogen) atoms. The van der Waals surface area contributed by atoms with E-state index in [-0.39, 0.29) is 24.5 Å². The third-order valence-electron chi connectivity index (χ3n) is 3.00. The van der Waals surface area contributed by atoms with Crippen molar-refractivity contribution in [3.05, 3.63) is 0 Å². The second kappa shape index (κ2) is 6.47. The number of carbonyl (C=O) groups excluding carboxylic acids is 1. The van der Waals surface area contributed by atoms with Gasteiger partial charge in [0.1, 0.15) is 0 Å². The highest BCUT2D eigenvalue weighted by Crippen LogP contribution is 2.33. The third kappa shape index (κ3) is 6.14. The molecule has 1 rings (SSSR count). The molecular weight excluding hydrogens is 220 g/mol. The first-order valence-corrected chi connectivity index (χ1v) is 6.30. The molecule has 1 aliphatic carbocycles. The van der Waals surface area contributed by atoms with Gasteiger partial charge in [0.15, 0.2) is 0 Å². The Bertz CT molecular complexity index is 277. The monoisotopic (exact) mass is 242 g/mol. The van der Waals surface area contributed by atoms with Crippen molar-refractivity contribution in [3.8, 4) is 0 Å². The number of hydrogen-bond acceptors (Lipinski definition) is 2. The highest BCUT2D eigenvalue weighted by molar-refractivity contribution is 5.75. The van der Waals surface area contributed by atoms with Crippen LogP contribution in [0, 0.1) is 5.92 Å². The van der Waals surface area contributed by atoms with Crippen molar-refractivity contribution in [2.24, 2.45) is 5.92 Å². The van der Waals surface area contributed by atoms with E-state index in [4.69, 9.17) is 5.11 Å². The largest absolute Gasteiger partial charge is 0.481 e. The first-order valence-electron chi connectivity index (χ1n) is 6.30. The quantitative estimate of drug-likeness (QED) is 0.636. The molecule has 2 amide bonds. The Hall–Kier alpha value is -1.26. The summed E-state index contributed by atoms with van der Waals surface area (Å²) in [4.78, 5) is 22.0. The zero-order valence-electron chi connectivity index (χ0n) is 10.5. The van der Waals surface area contributed by atoms with Gasteiger partial charge in [-0.3, -0.25) is 4.79 Å². The summed E-state index contributed by atoms with van der Waals surface area (Å²) in [6.07, 6.45) is 4.45. The van der Waals surface area contributed by atoms with E-state index in [0.29, 0.717) is 0 Å². The highest BCUT2D eigenvalue weighted by Gasteiger charge is 2.25. The lowest BCUT2D eigenvalue weighted by Crippen LogP contribution is -2.45. The molecule has 0 aromatic carbocycles. The van der Waals surface area contributed by atoms with E-state index in [1.165, 1.54) is 12.8 Å². The predicted octanol–water partition coefficient (Wildman–Crippen LogP) is 1.73. The Morgan fingerprint density at radius 3 is 2.47 bits per heavy atom. The molecule has 98 valence electrons. The van der Waals surface area contributed by atoms with Gasteiger partial charge in [-0.25, -0.2) is 4.79 Å².